The van der Waals surface area contributed by atoms with Gasteiger partial charge in [0, 0.05) is 15.7 Å². The summed E-state index contributed by atoms with van der Waals surface area (Å²) in [6, 6.07) is 20.8. The molecular weight excluding hydrogens is 419 g/mol. The van der Waals surface area contributed by atoms with Gasteiger partial charge in [-0.3, -0.25) is 9.10 Å². The summed E-state index contributed by atoms with van der Waals surface area (Å²) in [6.45, 7) is -0.391. The second-order valence-electron chi connectivity index (χ2n) is 5.86. The second-order valence-corrected chi connectivity index (χ2v) is 8.59. The molecule has 8 heteroatoms. The third-order valence-corrected chi connectivity index (χ3v) is 6.15. The lowest BCUT2D eigenvalue weighted by Crippen LogP contribution is -2.38. The van der Waals surface area contributed by atoms with Crippen LogP contribution in [0, 0.1) is 0 Å². The number of rotatable bonds is 6. The Morgan fingerprint density at radius 3 is 1.93 bits per heavy atom. The molecule has 0 aromatic heterocycles. The quantitative estimate of drug-likeness (QED) is 0.603. The van der Waals surface area contributed by atoms with Gasteiger partial charge in [-0.2, -0.15) is 0 Å². The number of sulfonamides is 1. The number of nitrogens with zero attached hydrogens (tertiary/aromatic N) is 1. The molecule has 0 spiro atoms. The maximum Gasteiger partial charge on any atom is 0.264 e. The van der Waals surface area contributed by atoms with Gasteiger partial charge in [0.25, 0.3) is 10.0 Å². The van der Waals surface area contributed by atoms with Gasteiger partial charge in [-0.15, -0.1) is 0 Å². The molecule has 1 N–H and O–H groups in total. The number of anilines is 2. The molecule has 0 bridgehead atoms. The number of hydrogen-bond acceptors (Lipinski definition) is 3. The molecule has 0 aliphatic heterocycles. The van der Waals surface area contributed by atoms with Crippen molar-refractivity contribution in [1.82, 2.24) is 0 Å². The van der Waals surface area contributed by atoms with E-state index in [4.69, 9.17) is 23.2 Å². The first-order valence-corrected chi connectivity index (χ1v) is 10.4. The highest BCUT2D eigenvalue weighted by atomic mass is 35.5. The molecule has 0 heterocycles. The Morgan fingerprint density at radius 1 is 0.821 bits per heavy atom. The first-order chi connectivity index (χ1) is 13.4. The number of hydrogen-bond donors (Lipinski definition) is 1. The molecule has 0 unspecified atom stereocenters. The third kappa shape index (κ3) is 4.84. The van der Waals surface area contributed by atoms with E-state index in [-0.39, 0.29) is 4.90 Å². The third-order valence-electron chi connectivity index (χ3n) is 3.86. The van der Waals surface area contributed by atoms with E-state index in [1.54, 1.807) is 54.6 Å². The molecule has 0 saturated carbocycles. The number of halogens is 2. The fourth-order valence-corrected chi connectivity index (χ4v) is 4.18. The van der Waals surface area contributed by atoms with Crippen molar-refractivity contribution in [2.45, 2.75) is 4.90 Å². The Bertz CT molecular complexity index is 1050. The topological polar surface area (TPSA) is 66.5 Å². The predicted molar refractivity (Wildman–Crippen MR) is 113 cm³/mol. The van der Waals surface area contributed by atoms with Gasteiger partial charge in [0.1, 0.15) is 6.54 Å². The highest BCUT2D eigenvalue weighted by molar-refractivity contribution is 7.92. The van der Waals surface area contributed by atoms with E-state index in [1.807, 2.05) is 0 Å². The van der Waals surface area contributed by atoms with Crippen LogP contribution in [0.4, 0.5) is 11.4 Å². The largest absolute Gasteiger partial charge is 0.325 e. The lowest BCUT2D eigenvalue weighted by Gasteiger charge is -2.24. The van der Waals surface area contributed by atoms with Crippen molar-refractivity contribution in [3.8, 4) is 0 Å². The average molecular weight is 435 g/mol. The molecule has 0 saturated heterocycles. The van der Waals surface area contributed by atoms with Gasteiger partial charge in [-0.1, -0.05) is 41.4 Å². The summed E-state index contributed by atoms with van der Waals surface area (Å²) >= 11 is 11.7. The van der Waals surface area contributed by atoms with Gasteiger partial charge >= 0.3 is 0 Å². The van der Waals surface area contributed by atoms with E-state index in [1.165, 1.54) is 24.3 Å². The number of nitrogens with one attached hydrogen (secondary N) is 1. The van der Waals surface area contributed by atoms with Crippen LogP contribution in [-0.2, 0) is 14.8 Å². The molecule has 0 radical (unpaired) electrons. The number of carbonyl (C=O) groups excluding carboxylic acids is 1. The lowest BCUT2D eigenvalue weighted by molar-refractivity contribution is -0.114. The maximum atomic E-state index is 13.2. The Morgan fingerprint density at radius 2 is 1.36 bits per heavy atom. The normalized spacial score (nSPS) is 11.1. The fourth-order valence-electron chi connectivity index (χ4n) is 2.51. The first kappa shape index (κ1) is 20.2. The Labute approximate surface area is 173 Å². The summed E-state index contributed by atoms with van der Waals surface area (Å²) in [6.07, 6.45) is 0. The van der Waals surface area contributed by atoms with Crippen molar-refractivity contribution >= 4 is 50.5 Å². The minimum atomic E-state index is -3.97. The van der Waals surface area contributed by atoms with Crippen LogP contribution in [0.5, 0.6) is 0 Å². The zero-order valence-electron chi connectivity index (χ0n) is 14.5. The SMILES string of the molecule is O=C(CN(c1ccccc1)S(=O)(=O)c1ccc(Cl)cc1)Nc1ccc(Cl)cc1. The number of amides is 1. The summed E-state index contributed by atoms with van der Waals surface area (Å²) in [7, 11) is -3.97. The molecule has 0 aliphatic rings. The summed E-state index contributed by atoms with van der Waals surface area (Å²) in [4.78, 5) is 12.6. The number of para-hydroxylation sites is 1. The monoisotopic (exact) mass is 434 g/mol. The van der Waals surface area contributed by atoms with Crippen molar-refractivity contribution in [2.24, 2.45) is 0 Å². The van der Waals surface area contributed by atoms with Crippen LogP contribution >= 0.6 is 23.2 Å². The molecule has 1 amide bonds. The molecular formula is C20H16Cl2N2O3S. The summed E-state index contributed by atoms with van der Waals surface area (Å²) < 4.78 is 27.4. The summed E-state index contributed by atoms with van der Waals surface area (Å²) in [5.41, 5.74) is 0.898. The zero-order chi connectivity index (χ0) is 20.1. The highest BCUT2D eigenvalue weighted by Crippen LogP contribution is 2.24. The van der Waals surface area contributed by atoms with E-state index in [2.05, 4.69) is 5.32 Å². The van der Waals surface area contributed by atoms with Gasteiger partial charge in [-0.05, 0) is 60.7 Å². The standard InChI is InChI=1S/C20H16Cl2N2O3S/c21-15-6-10-17(11-7-15)23-20(25)14-24(18-4-2-1-3-5-18)28(26,27)19-12-8-16(22)9-13-19/h1-13H,14H2,(H,23,25). The lowest BCUT2D eigenvalue weighted by atomic mass is 10.3. The molecule has 144 valence electrons. The van der Waals surface area contributed by atoms with E-state index < -0.39 is 22.5 Å². The summed E-state index contributed by atoms with van der Waals surface area (Å²) in [5, 5.41) is 3.64. The van der Waals surface area contributed by atoms with Crippen molar-refractivity contribution < 1.29 is 13.2 Å². The zero-order valence-corrected chi connectivity index (χ0v) is 16.9. The van der Waals surface area contributed by atoms with E-state index in [0.717, 1.165) is 4.31 Å². The van der Waals surface area contributed by atoms with Gasteiger partial charge in [0.05, 0.1) is 10.6 Å². The molecule has 0 atom stereocenters. The smallest absolute Gasteiger partial charge is 0.264 e. The first-order valence-electron chi connectivity index (χ1n) is 8.25. The van der Waals surface area contributed by atoms with Crippen molar-refractivity contribution in [2.75, 3.05) is 16.2 Å². The van der Waals surface area contributed by atoms with Crippen LogP contribution in [0.1, 0.15) is 0 Å². The Hall–Kier alpha value is -2.54. The molecule has 0 aliphatic carbocycles. The van der Waals surface area contributed by atoms with Crippen LogP contribution in [-0.4, -0.2) is 20.9 Å². The molecule has 0 fully saturated rings. The molecule has 28 heavy (non-hydrogen) atoms. The van der Waals surface area contributed by atoms with Crippen LogP contribution in [0.15, 0.2) is 83.8 Å². The van der Waals surface area contributed by atoms with E-state index >= 15 is 0 Å². The van der Waals surface area contributed by atoms with Crippen LogP contribution in [0.3, 0.4) is 0 Å². The molecule has 3 rings (SSSR count). The Balaban J connectivity index is 1.90. The van der Waals surface area contributed by atoms with Gasteiger partial charge in [0.2, 0.25) is 5.91 Å². The van der Waals surface area contributed by atoms with Crippen LogP contribution in [0.2, 0.25) is 10.0 Å². The second kappa shape index (κ2) is 8.65. The molecule has 3 aromatic carbocycles. The van der Waals surface area contributed by atoms with Crippen LogP contribution < -0.4 is 9.62 Å². The van der Waals surface area contributed by atoms with E-state index in [0.29, 0.717) is 21.4 Å². The van der Waals surface area contributed by atoms with Crippen molar-refractivity contribution in [3.05, 3.63) is 88.9 Å². The summed E-state index contributed by atoms with van der Waals surface area (Å²) in [5.74, 6) is -0.483. The number of benzene rings is 3. The van der Waals surface area contributed by atoms with Crippen molar-refractivity contribution in [3.63, 3.8) is 0 Å². The number of carbonyl (C=O) groups is 1. The van der Waals surface area contributed by atoms with Gasteiger partial charge in [0.15, 0.2) is 0 Å². The molecule has 3 aromatic rings. The molecule has 5 nitrogen and oxygen atoms in total. The van der Waals surface area contributed by atoms with Gasteiger partial charge < -0.3 is 5.32 Å². The minimum absolute atomic E-state index is 0.0417. The Kier molecular flexibility index (Phi) is 6.24. The highest BCUT2D eigenvalue weighted by Gasteiger charge is 2.27. The van der Waals surface area contributed by atoms with Crippen molar-refractivity contribution in [1.29, 1.82) is 0 Å². The predicted octanol–water partition coefficient (Wildman–Crippen LogP) is 4.83. The fraction of sp³-hybridized carbons (Fsp3) is 0.0500. The van der Waals surface area contributed by atoms with Crippen LogP contribution in [0.25, 0.3) is 0 Å². The van der Waals surface area contributed by atoms with E-state index in [9.17, 15) is 13.2 Å². The minimum Gasteiger partial charge on any atom is -0.325 e. The maximum absolute atomic E-state index is 13.2. The van der Waals surface area contributed by atoms with Gasteiger partial charge in [-0.25, -0.2) is 8.42 Å². The average Bonchev–Trinajstić information content (AvgIpc) is 2.69.